The van der Waals surface area contributed by atoms with Gasteiger partial charge >= 0.3 is 6.36 Å². The van der Waals surface area contributed by atoms with E-state index in [1.807, 2.05) is 0 Å². The van der Waals surface area contributed by atoms with E-state index in [-0.39, 0.29) is 13.2 Å². The Morgan fingerprint density at radius 1 is 1.33 bits per heavy atom. The van der Waals surface area contributed by atoms with Gasteiger partial charge in [0.2, 0.25) is 10.0 Å². The van der Waals surface area contributed by atoms with Gasteiger partial charge in [0.1, 0.15) is 10.6 Å². The van der Waals surface area contributed by atoms with Crippen molar-refractivity contribution < 1.29 is 31.4 Å². The number of hydrogen-bond acceptors (Lipinski definition) is 4. The second-order valence-electron chi connectivity index (χ2n) is 4.59. The fraction of sp³-hybridized carbons (Fsp3) is 0.500. The van der Waals surface area contributed by atoms with Crippen LogP contribution in [0, 0.1) is 0 Å². The molecule has 0 bridgehead atoms. The molecular formula is C12H14F3NO4S. The van der Waals surface area contributed by atoms with Gasteiger partial charge in [0.15, 0.2) is 0 Å². The zero-order valence-corrected chi connectivity index (χ0v) is 11.7. The van der Waals surface area contributed by atoms with Gasteiger partial charge in [0.25, 0.3) is 0 Å². The van der Waals surface area contributed by atoms with Gasteiger partial charge in [0.05, 0.1) is 6.61 Å². The van der Waals surface area contributed by atoms with Crippen LogP contribution in [0.2, 0.25) is 0 Å². The van der Waals surface area contributed by atoms with Crippen LogP contribution in [-0.4, -0.2) is 43.4 Å². The lowest BCUT2D eigenvalue weighted by atomic mass is 10.2. The van der Waals surface area contributed by atoms with E-state index in [2.05, 4.69) is 4.74 Å². The minimum Gasteiger partial charge on any atom is -0.404 e. The smallest absolute Gasteiger partial charge is 0.404 e. The Hall–Kier alpha value is -1.32. The van der Waals surface area contributed by atoms with Crippen LogP contribution in [0.4, 0.5) is 13.2 Å². The van der Waals surface area contributed by atoms with Crippen LogP contribution in [0.3, 0.4) is 0 Å². The first-order valence-electron chi connectivity index (χ1n) is 6.23. The molecule has 2 rings (SSSR count). The van der Waals surface area contributed by atoms with E-state index in [0.29, 0.717) is 12.8 Å². The zero-order valence-electron chi connectivity index (χ0n) is 10.9. The molecule has 1 atom stereocenters. The fourth-order valence-corrected chi connectivity index (χ4v) is 4.11. The number of benzene rings is 1. The maximum absolute atomic E-state index is 12.5. The molecular weight excluding hydrogens is 311 g/mol. The van der Waals surface area contributed by atoms with Crippen molar-refractivity contribution in [3.8, 4) is 5.75 Å². The van der Waals surface area contributed by atoms with Crippen LogP contribution in [0.15, 0.2) is 29.2 Å². The van der Waals surface area contributed by atoms with Crippen molar-refractivity contribution in [3.63, 3.8) is 0 Å². The average molecular weight is 325 g/mol. The predicted molar refractivity (Wildman–Crippen MR) is 67.1 cm³/mol. The molecule has 0 aromatic heterocycles. The summed E-state index contributed by atoms with van der Waals surface area (Å²) in [6, 6.07) is 3.97. The quantitative estimate of drug-likeness (QED) is 0.915. The van der Waals surface area contributed by atoms with Crippen LogP contribution in [0.5, 0.6) is 5.75 Å². The van der Waals surface area contributed by atoms with Gasteiger partial charge in [-0.1, -0.05) is 12.1 Å². The predicted octanol–water partition coefficient (Wildman–Crippen LogP) is 1.73. The standard InChI is InChI=1S/C12H14F3NO4S/c13-12(14,15)20-10-5-1-2-6-11(10)21(18,19)16-7-3-4-9(16)8-17/h1-2,5-6,9,17H,3-4,7-8H2/t9-/m1/s1. The lowest BCUT2D eigenvalue weighted by Crippen LogP contribution is -2.38. The van der Waals surface area contributed by atoms with E-state index in [1.165, 1.54) is 12.1 Å². The number of para-hydroxylation sites is 1. The molecule has 1 N–H and O–H groups in total. The zero-order chi connectivity index (χ0) is 15.7. The summed E-state index contributed by atoms with van der Waals surface area (Å²) in [5.74, 6) is -0.770. The van der Waals surface area contributed by atoms with Crippen molar-refractivity contribution in [2.75, 3.05) is 13.2 Å². The number of aliphatic hydroxyl groups excluding tert-OH is 1. The molecule has 21 heavy (non-hydrogen) atoms. The summed E-state index contributed by atoms with van der Waals surface area (Å²) in [5.41, 5.74) is 0. The molecule has 1 heterocycles. The largest absolute Gasteiger partial charge is 0.573 e. The van der Waals surface area contributed by atoms with E-state index in [0.717, 1.165) is 16.4 Å². The molecule has 1 aromatic rings. The van der Waals surface area contributed by atoms with Crippen LogP contribution < -0.4 is 4.74 Å². The van der Waals surface area contributed by atoms with Crippen molar-refractivity contribution in [1.82, 2.24) is 4.31 Å². The summed E-state index contributed by atoms with van der Waals surface area (Å²) in [7, 11) is -4.15. The molecule has 0 unspecified atom stereocenters. The monoisotopic (exact) mass is 325 g/mol. The van der Waals surface area contributed by atoms with E-state index in [9.17, 15) is 26.7 Å². The van der Waals surface area contributed by atoms with Crippen LogP contribution in [0.1, 0.15) is 12.8 Å². The van der Waals surface area contributed by atoms with Crippen LogP contribution in [-0.2, 0) is 10.0 Å². The first kappa shape index (κ1) is 16.1. The second-order valence-corrected chi connectivity index (χ2v) is 6.45. The topological polar surface area (TPSA) is 66.8 Å². The number of ether oxygens (including phenoxy) is 1. The first-order valence-corrected chi connectivity index (χ1v) is 7.67. The lowest BCUT2D eigenvalue weighted by Gasteiger charge is -2.23. The van der Waals surface area contributed by atoms with Crippen molar-refractivity contribution in [1.29, 1.82) is 0 Å². The van der Waals surface area contributed by atoms with Gasteiger partial charge in [-0.05, 0) is 25.0 Å². The summed E-state index contributed by atoms with van der Waals surface area (Å²) in [5, 5.41) is 9.19. The fourth-order valence-electron chi connectivity index (χ4n) is 2.31. The van der Waals surface area contributed by atoms with Gasteiger partial charge in [-0.3, -0.25) is 0 Å². The molecule has 1 aliphatic rings. The van der Waals surface area contributed by atoms with Crippen molar-refractivity contribution in [2.45, 2.75) is 30.1 Å². The third kappa shape index (κ3) is 3.47. The minimum atomic E-state index is -4.98. The number of rotatable bonds is 4. The van der Waals surface area contributed by atoms with Gasteiger partial charge in [-0.25, -0.2) is 8.42 Å². The highest BCUT2D eigenvalue weighted by atomic mass is 32.2. The third-order valence-electron chi connectivity index (χ3n) is 3.20. The lowest BCUT2D eigenvalue weighted by molar-refractivity contribution is -0.275. The normalized spacial score (nSPS) is 20.7. The van der Waals surface area contributed by atoms with Gasteiger partial charge in [-0.15, -0.1) is 13.2 Å². The van der Waals surface area contributed by atoms with Gasteiger partial charge < -0.3 is 9.84 Å². The Bertz CT molecular complexity index is 603. The Morgan fingerprint density at radius 2 is 2.00 bits per heavy atom. The summed E-state index contributed by atoms with van der Waals surface area (Å²) in [6.45, 7) is -0.213. The highest BCUT2D eigenvalue weighted by Crippen LogP contribution is 2.33. The van der Waals surface area contributed by atoms with Crippen molar-refractivity contribution >= 4 is 10.0 Å². The highest BCUT2D eigenvalue weighted by molar-refractivity contribution is 7.89. The summed E-state index contributed by atoms with van der Waals surface area (Å²) in [6.07, 6.45) is -3.96. The molecule has 1 aliphatic heterocycles. The third-order valence-corrected chi connectivity index (χ3v) is 5.19. The molecule has 0 amide bonds. The SMILES string of the molecule is O=S(=O)(c1ccccc1OC(F)(F)F)N1CCC[C@@H]1CO. The van der Waals surface area contributed by atoms with Gasteiger partial charge in [-0.2, -0.15) is 4.31 Å². The molecule has 1 saturated heterocycles. The van der Waals surface area contributed by atoms with Crippen LogP contribution in [0.25, 0.3) is 0 Å². The molecule has 0 saturated carbocycles. The molecule has 1 aromatic carbocycles. The summed E-state index contributed by atoms with van der Waals surface area (Å²) >= 11 is 0. The highest BCUT2D eigenvalue weighted by Gasteiger charge is 2.39. The second kappa shape index (κ2) is 5.82. The maximum Gasteiger partial charge on any atom is 0.573 e. The van der Waals surface area contributed by atoms with E-state index in [1.54, 1.807) is 0 Å². The molecule has 0 aliphatic carbocycles. The molecule has 118 valence electrons. The molecule has 5 nitrogen and oxygen atoms in total. The van der Waals surface area contributed by atoms with Crippen molar-refractivity contribution in [3.05, 3.63) is 24.3 Å². The van der Waals surface area contributed by atoms with E-state index < -0.39 is 33.1 Å². The Labute approximate surface area is 120 Å². The van der Waals surface area contributed by atoms with E-state index in [4.69, 9.17) is 0 Å². The number of halogens is 3. The van der Waals surface area contributed by atoms with Crippen LogP contribution >= 0.6 is 0 Å². The van der Waals surface area contributed by atoms with Gasteiger partial charge in [0, 0.05) is 12.6 Å². The number of alkyl halides is 3. The molecule has 0 radical (unpaired) electrons. The van der Waals surface area contributed by atoms with E-state index >= 15 is 0 Å². The summed E-state index contributed by atoms with van der Waals surface area (Å²) < 4.78 is 66.8. The average Bonchev–Trinajstić information content (AvgIpc) is 2.86. The number of hydrogen-bond donors (Lipinski definition) is 1. The number of sulfonamides is 1. The molecule has 0 spiro atoms. The first-order chi connectivity index (χ1) is 9.75. The molecule has 9 heteroatoms. The maximum atomic E-state index is 12.5. The Balaban J connectivity index is 2.41. The Kier molecular flexibility index (Phi) is 4.45. The number of aliphatic hydroxyl groups is 1. The summed E-state index contributed by atoms with van der Waals surface area (Å²) in [4.78, 5) is -0.553. The minimum absolute atomic E-state index is 0.161. The van der Waals surface area contributed by atoms with Crippen molar-refractivity contribution in [2.24, 2.45) is 0 Å². The Morgan fingerprint density at radius 3 is 2.62 bits per heavy atom. The number of nitrogens with zero attached hydrogens (tertiary/aromatic N) is 1. The molecule has 1 fully saturated rings.